The van der Waals surface area contributed by atoms with Crippen molar-refractivity contribution in [1.82, 2.24) is 5.32 Å². The highest BCUT2D eigenvalue weighted by molar-refractivity contribution is 6.31. The molecule has 2 N–H and O–H groups in total. The van der Waals surface area contributed by atoms with Crippen molar-refractivity contribution in [3.05, 3.63) is 23.2 Å². The van der Waals surface area contributed by atoms with E-state index in [9.17, 15) is 9.59 Å². The fourth-order valence-electron chi connectivity index (χ4n) is 6.02. The van der Waals surface area contributed by atoms with E-state index in [-0.39, 0.29) is 17.2 Å². The average Bonchev–Trinajstić information content (AvgIpc) is 2.64. The minimum Gasteiger partial charge on any atom is -0.495 e. The molecule has 0 spiro atoms. The summed E-state index contributed by atoms with van der Waals surface area (Å²) in [6.45, 7) is 0.542. The molecule has 0 radical (unpaired) electrons. The highest BCUT2D eigenvalue weighted by Gasteiger charge is 2.54. The predicted molar refractivity (Wildman–Crippen MR) is 109 cm³/mol. The van der Waals surface area contributed by atoms with E-state index in [0.717, 1.165) is 37.0 Å². The molecule has 4 bridgehead atoms. The number of hydrogen-bond acceptors (Lipinski definition) is 3. The van der Waals surface area contributed by atoms with Gasteiger partial charge in [-0.15, -0.1) is 0 Å². The molecule has 0 heterocycles. The monoisotopic (exact) mass is 404 g/mol. The van der Waals surface area contributed by atoms with E-state index in [1.807, 2.05) is 0 Å². The Morgan fingerprint density at radius 2 is 1.79 bits per heavy atom. The molecule has 1 aromatic carbocycles. The van der Waals surface area contributed by atoms with Crippen LogP contribution in [0.25, 0.3) is 0 Å². The molecule has 4 fully saturated rings. The number of amides is 2. The van der Waals surface area contributed by atoms with Crippen LogP contribution in [-0.2, 0) is 9.59 Å². The van der Waals surface area contributed by atoms with Gasteiger partial charge >= 0.3 is 0 Å². The fraction of sp³-hybridized carbons (Fsp3) is 0.636. The first-order valence-corrected chi connectivity index (χ1v) is 10.8. The van der Waals surface area contributed by atoms with E-state index in [1.54, 1.807) is 25.3 Å². The van der Waals surface area contributed by atoms with Crippen LogP contribution in [0.3, 0.4) is 0 Å². The number of benzene rings is 1. The lowest BCUT2D eigenvalue weighted by molar-refractivity contribution is -0.146. The number of carbonyl (C=O) groups excluding carboxylic acids is 2. The third kappa shape index (κ3) is 4.00. The van der Waals surface area contributed by atoms with Crippen LogP contribution in [-0.4, -0.2) is 25.5 Å². The second-order valence-corrected chi connectivity index (χ2v) is 9.39. The van der Waals surface area contributed by atoms with Crippen molar-refractivity contribution in [2.45, 2.75) is 51.4 Å². The summed E-state index contributed by atoms with van der Waals surface area (Å²) in [7, 11) is 1.55. The smallest absolute Gasteiger partial charge is 0.226 e. The highest BCUT2D eigenvalue weighted by atomic mass is 35.5. The van der Waals surface area contributed by atoms with Gasteiger partial charge in [0.05, 0.1) is 12.8 Å². The Balaban J connectivity index is 1.23. The summed E-state index contributed by atoms with van der Waals surface area (Å²) in [5.74, 6) is 2.97. The molecule has 6 heteroatoms. The van der Waals surface area contributed by atoms with Crippen LogP contribution in [0, 0.1) is 23.2 Å². The molecule has 0 unspecified atom stereocenters. The van der Waals surface area contributed by atoms with E-state index in [1.165, 1.54) is 19.3 Å². The van der Waals surface area contributed by atoms with Gasteiger partial charge in [-0.25, -0.2) is 0 Å². The zero-order valence-corrected chi connectivity index (χ0v) is 17.2. The zero-order valence-electron chi connectivity index (χ0n) is 16.4. The Labute approximate surface area is 171 Å². The second-order valence-electron chi connectivity index (χ2n) is 8.95. The summed E-state index contributed by atoms with van der Waals surface area (Å²) in [5, 5.41) is 6.50. The minimum absolute atomic E-state index is 0.107. The van der Waals surface area contributed by atoms with Gasteiger partial charge in [0.25, 0.3) is 0 Å². The molecule has 0 aromatic heterocycles. The van der Waals surface area contributed by atoms with Crippen LogP contribution in [0.1, 0.15) is 51.4 Å². The maximum atomic E-state index is 12.9. The van der Waals surface area contributed by atoms with Crippen molar-refractivity contribution in [3.63, 3.8) is 0 Å². The summed E-state index contributed by atoms with van der Waals surface area (Å²) in [4.78, 5) is 25.1. The number of anilines is 1. The molecule has 28 heavy (non-hydrogen) atoms. The predicted octanol–water partition coefficient (Wildman–Crippen LogP) is 4.40. The van der Waals surface area contributed by atoms with Crippen LogP contribution < -0.4 is 15.4 Å². The van der Waals surface area contributed by atoms with Gasteiger partial charge in [0, 0.05) is 23.4 Å². The molecule has 2 amide bonds. The topological polar surface area (TPSA) is 67.4 Å². The van der Waals surface area contributed by atoms with Gasteiger partial charge in [0.2, 0.25) is 11.8 Å². The molecular weight excluding hydrogens is 376 g/mol. The largest absolute Gasteiger partial charge is 0.495 e. The normalized spacial score (nSPS) is 30.1. The van der Waals surface area contributed by atoms with Crippen molar-refractivity contribution < 1.29 is 14.3 Å². The van der Waals surface area contributed by atoms with Gasteiger partial charge in [-0.1, -0.05) is 11.6 Å². The van der Waals surface area contributed by atoms with Crippen LogP contribution in [0.5, 0.6) is 5.75 Å². The van der Waals surface area contributed by atoms with Gasteiger partial charge in [0.15, 0.2) is 0 Å². The van der Waals surface area contributed by atoms with Crippen LogP contribution in [0.4, 0.5) is 5.69 Å². The second kappa shape index (κ2) is 7.94. The van der Waals surface area contributed by atoms with Crippen LogP contribution in [0.15, 0.2) is 18.2 Å². The SMILES string of the molecule is COc1ccc(Cl)cc1NC(=O)CCCNC(=O)C12CC3CC(CC(C3)C1)C2. The molecule has 1 aromatic rings. The first-order valence-electron chi connectivity index (χ1n) is 10.4. The molecule has 152 valence electrons. The van der Waals surface area contributed by atoms with Gasteiger partial charge in [-0.2, -0.15) is 0 Å². The minimum atomic E-state index is -0.120. The fourth-order valence-corrected chi connectivity index (χ4v) is 6.19. The van der Waals surface area contributed by atoms with Crippen molar-refractivity contribution in [2.75, 3.05) is 19.0 Å². The number of carbonyl (C=O) groups is 2. The van der Waals surface area contributed by atoms with Crippen LogP contribution >= 0.6 is 11.6 Å². The van der Waals surface area contributed by atoms with E-state index in [4.69, 9.17) is 16.3 Å². The summed E-state index contributed by atoms with van der Waals surface area (Å²) < 4.78 is 5.24. The highest BCUT2D eigenvalue weighted by Crippen LogP contribution is 2.60. The summed E-state index contributed by atoms with van der Waals surface area (Å²) in [6.07, 6.45) is 8.17. The summed E-state index contributed by atoms with van der Waals surface area (Å²) in [5.41, 5.74) is 0.447. The van der Waals surface area contributed by atoms with Crippen molar-refractivity contribution in [3.8, 4) is 5.75 Å². The number of rotatable bonds is 7. The Morgan fingerprint density at radius 1 is 1.14 bits per heavy atom. The summed E-state index contributed by atoms with van der Waals surface area (Å²) >= 11 is 5.99. The lowest BCUT2D eigenvalue weighted by Gasteiger charge is -2.55. The number of halogens is 1. The van der Waals surface area contributed by atoms with Gasteiger partial charge in [-0.3, -0.25) is 9.59 Å². The standard InChI is InChI=1S/C22H29ClN2O3/c1-28-19-5-4-17(23)10-18(19)25-20(26)3-2-6-24-21(27)22-11-14-7-15(12-22)9-16(8-14)13-22/h4-5,10,14-16H,2-3,6-9,11-13H2,1H3,(H,24,27)(H,25,26). The Kier molecular flexibility index (Phi) is 5.55. The average molecular weight is 405 g/mol. The van der Waals surface area contributed by atoms with Gasteiger partial charge in [0.1, 0.15) is 5.75 Å². The van der Waals surface area contributed by atoms with E-state index in [2.05, 4.69) is 10.6 Å². The number of ether oxygens (including phenoxy) is 1. The molecule has 4 saturated carbocycles. The van der Waals surface area contributed by atoms with Crippen molar-refractivity contribution >= 4 is 29.1 Å². The molecule has 5 nitrogen and oxygen atoms in total. The molecule has 4 aliphatic rings. The third-order valence-corrected chi connectivity index (χ3v) is 7.06. The zero-order chi connectivity index (χ0) is 19.7. The molecule has 0 saturated heterocycles. The first-order chi connectivity index (χ1) is 13.5. The van der Waals surface area contributed by atoms with Crippen LogP contribution in [0.2, 0.25) is 5.02 Å². The molecule has 5 rings (SSSR count). The number of nitrogens with one attached hydrogen (secondary N) is 2. The Morgan fingerprint density at radius 3 is 2.39 bits per heavy atom. The first kappa shape index (κ1) is 19.6. The van der Waals surface area contributed by atoms with E-state index < -0.39 is 0 Å². The maximum Gasteiger partial charge on any atom is 0.226 e. The third-order valence-electron chi connectivity index (χ3n) is 6.82. The maximum absolute atomic E-state index is 12.9. The molecule has 0 aliphatic heterocycles. The van der Waals surface area contributed by atoms with Gasteiger partial charge < -0.3 is 15.4 Å². The molecule has 4 aliphatic carbocycles. The Hall–Kier alpha value is -1.75. The quantitative estimate of drug-likeness (QED) is 0.662. The summed E-state index contributed by atoms with van der Waals surface area (Å²) in [6, 6.07) is 5.12. The van der Waals surface area contributed by atoms with E-state index >= 15 is 0 Å². The lowest BCUT2D eigenvalue weighted by atomic mass is 9.49. The molecule has 0 atom stereocenters. The Bertz CT molecular complexity index is 729. The van der Waals surface area contributed by atoms with Crippen molar-refractivity contribution in [1.29, 1.82) is 0 Å². The number of methoxy groups -OCH3 is 1. The molecular formula is C22H29ClN2O3. The van der Waals surface area contributed by atoms with Gasteiger partial charge in [-0.05, 0) is 80.9 Å². The van der Waals surface area contributed by atoms with Crippen molar-refractivity contribution in [2.24, 2.45) is 23.2 Å². The lowest BCUT2D eigenvalue weighted by Crippen LogP contribution is -2.53. The number of hydrogen-bond donors (Lipinski definition) is 2. The van der Waals surface area contributed by atoms with E-state index in [0.29, 0.717) is 35.8 Å².